The minimum atomic E-state index is -1.01. The van der Waals surface area contributed by atoms with Gasteiger partial charge in [-0.2, -0.15) is 0 Å². The number of piperidine rings is 1. The first-order valence-electron chi connectivity index (χ1n) is 6.96. The highest BCUT2D eigenvalue weighted by molar-refractivity contribution is 5.84. The van der Waals surface area contributed by atoms with Crippen molar-refractivity contribution in [3.63, 3.8) is 0 Å². The summed E-state index contributed by atoms with van der Waals surface area (Å²) >= 11 is 0. The smallest absolute Gasteiger partial charge is 0.326 e. The van der Waals surface area contributed by atoms with Crippen molar-refractivity contribution in [1.82, 2.24) is 4.90 Å². The second-order valence-corrected chi connectivity index (χ2v) is 5.15. The Labute approximate surface area is 121 Å². The van der Waals surface area contributed by atoms with Gasteiger partial charge >= 0.3 is 5.97 Å². The third-order valence-electron chi connectivity index (χ3n) is 3.75. The van der Waals surface area contributed by atoms with Crippen molar-refractivity contribution in [3.8, 4) is 0 Å². The van der Waals surface area contributed by atoms with Gasteiger partial charge in [-0.15, -0.1) is 0 Å². The highest BCUT2D eigenvalue weighted by Crippen LogP contribution is 2.20. The zero-order valence-corrected chi connectivity index (χ0v) is 11.5. The molecule has 1 aromatic carbocycles. The van der Waals surface area contributed by atoms with E-state index in [2.05, 4.69) is 0 Å². The molecule has 1 aliphatic heterocycles. The number of carboxylic acids is 1. The molecule has 1 saturated heterocycles. The first-order chi connectivity index (χ1) is 10.0. The van der Waals surface area contributed by atoms with Crippen molar-refractivity contribution in [2.75, 3.05) is 6.54 Å². The van der Waals surface area contributed by atoms with Gasteiger partial charge in [-0.25, -0.2) is 13.6 Å². The molecule has 1 N–H and O–H groups in total. The van der Waals surface area contributed by atoms with Crippen molar-refractivity contribution in [1.29, 1.82) is 0 Å². The van der Waals surface area contributed by atoms with Crippen LogP contribution >= 0.6 is 0 Å². The quantitative estimate of drug-likeness (QED) is 0.928. The molecule has 1 amide bonds. The Morgan fingerprint density at radius 3 is 2.76 bits per heavy atom. The average molecular weight is 297 g/mol. The number of carbonyl (C=O) groups is 2. The average Bonchev–Trinajstić information content (AvgIpc) is 2.48. The molecule has 0 aromatic heterocycles. The molecule has 0 radical (unpaired) electrons. The molecule has 0 aliphatic carbocycles. The minimum Gasteiger partial charge on any atom is -0.480 e. The molecule has 2 rings (SSSR count). The Hall–Kier alpha value is -1.98. The molecule has 1 aliphatic rings. The molecule has 1 fully saturated rings. The second kappa shape index (κ2) is 6.65. The maximum absolute atomic E-state index is 13.5. The number of hydrogen-bond donors (Lipinski definition) is 1. The number of hydrogen-bond acceptors (Lipinski definition) is 2. The van der Waals surface area contributed by atoms with Crippen LogP contribution in [0.15, 0.2) is 18.2 Å². The molecule has 0 bridgehead atoms. The topological polar surface area (TPSA) is 57.6 Å². The van der Waals surface area contributed by atoms with E-state index in [0.717, 1.165) is 18.9 Å². The second-order valence-electron chi connectivity index (χ2n) is 5.15. The van der Waals surface area contributed by atoms with Crippen molar-refractivity contribution < 1.29 is 23.5 Å². The fourth-order valence-electron chi connectivity index (χ4n) is 2.61. The molecule has 21 heavy (non-hydrogen) atoms. The van der Waals surface area contributed by atoms with Gasteiger partial charge in [0.15, 0.2) is 11.6 Å². The number of rotatable bonds is 4. The van der Waals surface area contributed by atoms with Gasteiger partial charge in [-0.1, -0.05) is 12.1 Å². The minimum absolute atomic E-state index is 0.0237. The summed E-state index contributed by atoms with van der Waals surface area (Å²) in [6.45, 7) is 0.404. The predicted molar refractivity (Wildman–Crippen MR) is 71.7 cm³/mol. The van der Waals surface area contributed by atoms with E-state index in [1.54, 1.807) is 0 Å². The van der Waals surface area contributed by atoms with E-state index in [9.17, 15) is 18.4 Å². The van der Waals surface area contributed by atoms with E-state index in [0.29, 0.717) is 13.0 Å². The number of carbonyl (C=O) groups excluding carboxylic acids is 1. The summed E-state index contributed by atoms with van der Waals surface area (Å²) in [5.41, 5.74) is 0.132. The lowest BCUT2D eigenvalue weighted by Crippen LogP contribution is -2.48. The van der Waals surface area contributed by atoms with Crippen LogP contribution in [-0.2, 0) is 16.0 Å². The lowest BCUT2D eigenvalue weighted by Gasteiger charge is -2.33. The zero-order valence-electron chi connectivity index (χ0n) is 11.5. The van der Waals surface area contributed by atoms with E-state index in [1.807, 2.05) is 0 Å². The summed E-state index contributed by atoms with van der Waals surface area (Å²) in [6.07, 6.45) is 2.02. The lowest BCUT2D eigenvalue weighted by molar-refractivity contribution is -0.152. The predicted octanol–water partition coefficient (Wildman–Crippen LogP) is 2.36. The first kappa shape index (κ1) is 15.4. The number of halogens is 2. The summed E-state index contributed by atoms with van der Waals surface area (Å²) in [5.74, 6) is -3.23. The maximum atomic E-state index is 13.5. The Morgan fingerprint density at radius 2 is 2.05 bits per heavy atom. The summed E-state index contributed by atoms with van der Waals surface area (Å²) in [5, 5.41) is 9.12. The van der Waals surface area contributed by atoms with Crippen LogP contribution in [0.3, 0.4) is 0 Å². The van der Waals surface area contributed by atoms with Crippen LogP contribution in [0.2, 0.25) is 0 Å². The Morgan fingerprint density at radius 1 is 1.29 bits per heavy atom. The molecule has 0 spiro atoms. The summed E-state index contributed by atoms with van der Waals surface area (Å²) in [6, 6.07) is 3.03. The van der Waals surface area contributed by atoms with Crippen LogP contribution in [0.5, 0.6) is 0 Å². The normalized spacial score (nSPS) is 18.6. The number of nitrogens with zero attached hydrogens (tertiary/aromatic N) is 1. The Kier molecular flexibility index (Phi) is 4.88. The third kappa shape index (κ3) is 3.56. The molecule has 114 valence electrons. The monoisotopic (exact) mass is 297 g/mol. The number of likely N-dealkylation sites (tertiary alicyclic amines) is 1. The number of carboxylic acid groups (broad SMARTS) is 1. The van der Waals surface area contributed by atoms with E-state index in [4.69, 9.17) is 5.11 Å². The van der Waals surface area contributed by atoms with Gasteiger partial charge in [-0.3, -0.25) is 4.79 Å². The molecule has 0 unspecified atom stereocenters. The van der Waals surface area contributed by atoms with Gasteiger partial charge < -0.3 is 10.0 Å². The van der Waals surface area contributed by atoms with Crippen molar-refractivity contribution in [2.45, 2.75) is 38.1 Å². The summed E-state index contributed by atoms with van der Waals surface area (Å²) in [4.78, 5) is 24.6. The third-order valence-corrected chi connectivity index (χ3v) is 3.75. The SMILES string of the molecule is O=C(O)[C@H]1CCCCN1C(=O)CCc1cccc(F)c1F. The van der Waals surface area contributed by atoms with E-state index in [1.165, 1.54) is 17.0 Å². The van der Waals surface area contributed by atoms with Gasteiger partial charge in [0.1, 0.15) is 6.04 Å². The van der Waals surface area contributed by atoms with Crippen LogP contribution in [-0.4, -0.2) is 34.5 Å². The maximum Gasteiger partial charge on any atom is 0.326 e. The number of amides is 1. The molecule has 0 saturated carbocycles. The fourth-order valence-corrected chi connectivity index (χ4v) is 2.61. The fraction of sp³-hybridized carbons (Fsp3) is 0.467. The molecule has 6 heteroatoms. The number of aliphatic carboxylic acids is 1. The van der Waals surface area contributed by atoms with Crippen molar-refractivity contribution >= 4 is 11.9 Å². The van der Waals surface area contributed by atoms with E-state index < -0.39 is 23.6 Å². The largest absolute Gasteiger partial charge is 0.480 e. The van der Waals surface area contributed by atoms with Crippen LogP contribution in [0, 0.1) is 11.6 Å². The first-order valence-corrected chi connectivity index (χ1v) is 6.96. The van der Waals surface area contributed by atoms with Gasteiger partial charge in [0.2, 0.25) is 5.91 Å². The van der Waals surface area contributed by atoms with Crippen molar-refractivity contribution in [3.05, 3.63) is 35.4 Å². The molecular formula is C15H17F2NO3. The molecule has 1 heterocycles. The molecule has 4 nitrogen and oxygen atoms in total. The van der Waals surface area contributed by atoms with Crippen LogP contribution in [0.4, 0.5) is 8.78 Å². The van der Waals surface area contributed by atoms with Crippen LogP contribution in [0.25, 0.3) is 0 Å². The Bertz CT molecular complexity index is 548. The van der Waals surface area contributed by atoms with Gasteiger partial charge in [0, 0.05) is 13.0 Å². The lowest BCUT2D eigenvalue weighted by atomic mass is 10.0. The van der Waals surface area contributed by atoms with E-state index in [-0.39, 0.29) is 24.3 Å². The van der Waals surface area contributed by atoms with Gasteiger partial charge in [0.25, 0.3) is 0 Å². The zero-order chi connectivity index (χ0) is 15.4. The molecule has 1 atom stereocenters. The van der Waals surface area contributed by atoms with Gasteiger partial charge in [-0.05, 0) is 37.3 Å². The van der Waals surface area contributed by atoms with E-state index >= 15 is 0 Å². The number of aryl methyl sites for hydroxylation is 1. The highest BCUT2D eigenvalue weighted by atomic mass is 19.2. The van der Waals surface area contributed by atoms with Crippen LogP contribution in [0.1, 0.15) is 31.2 Å². The summed E-state index contributed by atoms with van der Waals surface area (Å²) in [7, 11) is 0. The Balaban J connectivity index is 2.00. The standard InChI is InChI=1S/C15H17F2NO3/c16-11-5-3-4-10(14(11)17)7-8-13(19)18-9-2-1-6-12(18)15(20)21/h3-5,12H,1-2,6-9H2,(H,20,21)/t12-/m1/s1. The number of benzene rings is 1. The summed E-state index contributed by atoms with van der Waals surface area (Å²) < 4.78 is 26.6. The van der Waals surface area contributed by atoms with Gasteiger partial charge in [0.05, 0.1) is 0 Å². The highest BCUT2D eigenvalue weighted by Gasteiger charge is 2.31. The van der Waals surface area contributed by atoms with Crippen molar-refractivity contribution in [2.24, 2.45) is 0 Å². The van der Waals surface area contributed by atoms with Crippen LogP contribution < -0.4 is 0 Å². The molecule has 1 aromatic rings. The molecular weight excluding hydrogens is 280 g/mol.